The molecule has 0 amide bonds. The largest absolute Gasteiger partial charge is 0.360 e. The van der Waals surface area contributed by atoms with Crippen LogP contribution in [0, 0.1) is 0 Å². The van der Waals surface area contributed by atoms with Gasteiger partial charge in [-0.25, -0.2) is 0 Å². The predicted octanol–water partition coefficient (Wildman–Crippen LogP) is 3.62. The van der Waals surface area contributed by atoms with E-state index in [1.165, 1.54) is 18.2 Å². The second-order valence-corrected chi connectivity index (χ2v) is 7.56. The predicted molar refractivity (Wildman–Crippen MR) is 96.6 cm³/mol. The van der Waals surface area contributed by atoms with Crippen LogP contribution < -0.4 is 0 Å². The number of ether oxygens (including phenoxy) is 2. The van der Waals surface area contributed by atoms with Crippen molar-refractivity contribution in [3.05, 3.63) is 30.5 Å². The van der Waals surface area contributed by atoms with Gasteiger partial charge < -0.3 is 14.5 Å². The van der Waals surface area contributed by atoms with Gasteiger partial charge in [0.25, 0.3) is 0 Å². The lowest BCUT2D eigenvalue weighted by Crippen LogP contribution is -2.25. The van der Waals surface area contributed by atoms with E-state index < -0.39 is 0 Å². The highest BCUT2D eigenvalue weighted by Gasteiger charge is 2.31. The topological polar surface area (TPSA) is 65.0 Å². The third kappa shape index (κ3) is 2.96. The van der Waals surface area contributed by atoms with E-state index in [2.05, 4.69) is 37.9 Å². The molecular weight excluding hydrogens is 336 g/mol. The van der Waals surface area contributed by atoms with Crippen LogP contribution in [-0.2, 0) is 9.47 Å². The Morgan fingerprint density at radius 1 is 1.20 bits per heavy atom. The average Bonchev–Trinajstić information content (AvgIpc) is 3.27. The molecule has 1 aliphatic carbocycles. The maximum absolute atomic E-state index is 5.65. The van der Waals surface area contributed by atoms with Crippen LogP contribution in [0.15, 0.2) is 35.6 Å². The minimum atomic E-state index is 0.236. The van der Waals surface area contributed by atoms with Gasteiger partial charge in [0.05, 0.1) is 12.7 Å². The Morgan fingerprint density at radius 3 is 2.96 bits per heavy atom. The van der Waals surface area contributed by atoms with Crippen molar-refractivity contribution in [2.75, 3.05) is 19.2 Å². The molecule has 0 unspecified atom stereocenters. The fourth-order valence-corrected chi connectivity index (χ4v) is 4.35. The minimum absolute atomic E-state index is 0.236. The van der Waals surface area contributed by atoms with Crippen molar-refractivity contribution in [2.45, 2.75) is 36.6 Å². The van der Waals surface area contributed by atoms with Gasteiger partial charge in [-0.2, -0.15) is 0 Å². The first-order chi connectivity index (χ1) is 12.4. The molecule has 0 radical (unpaired) electrons. The molecule has 3 aromatic rings. The second kappa shape index (κ2) is 6.48. The van der Waals surface area contributed by atoms with Gasteiger partial charge >= 0.3 is 0 Å². The molecule has 1 atom stereocenters. The Bertz CT molecular complexity index is 880. The molecule has 0 bridgehead atoms. The first-order valence-electron chi connectivity index (χ1n) is 8.73. The van der Waals surface area contributed by atoms with Gasteiger partial charge in [0.15, 0.2) is 11.0 Å². The summed E-state index contributed by atoms with van der Waals surface area (Å²) in [5, 5.41) is 11.2. The van der Waals surface area contributed by atoms with Crippen LogP contribution in [0.1, 0.15) is 25.3 Å². The number of rotatable bonds is 5. The smallest absolute Gasteiger partial charge is 0.191 e. The third-order valence-corrected chi connectivity index (χ3v) is 5.85. The van der Waals surface area contributed by atoms with Crippen LogP contribution in [-0.4, -0.2) is 45.0 Å². The first-order valence-corrected chi connectivity index (χ1v) is 9.72. The van der Waals surface area contributed by atoms with Gasteiger partial charge in [-0.1, -0.05) is 30.0 Å². The average molecular weight is 356 g/mol. The fourth-order valence-electron chi connectivity index (χ4n) is 3.28. The van der Waals surface area contributed by atoms with Crippen molar-refractivity contribution in [3.63, 3.8) is 0 Å². The summed E-state index contributed by atoms with van der Waals surface area (Å²) >= 11 is 1.74. The summed E-state index contributed by atoms with van der Waals surface area (Å²) in [7, 11) is 0. The minimum Gasteiger partial charge on any atom is -0.360 e. The van der Waals surface area contributed by atoms with Gasteiger partial charge in [0, 0.05) is 34.5 Å². The number of thioether (sulfide) groups is 1. The van der Waals surface area contributed by atoms with Gasteiger partial charge in [-0.3, -0.25) is 4.57 Å². The molecule has 1 N–H and O–H groups in total. The molecule has 2 aliphatic rings. The molecule has 7 heteroatoms. The van der Waals surface area contributed by atoms with Crippen LogP contribution in [0.2, 0.25) is 0 Å². The molecule has 2 fully saturated rings. The van der Waals surface area contributed by atoms with Crippen LogP contribution in [0.5, 0.6) is 0 Å². The summed E-state index contributed by atoms with van der Waals surface area (Å²) in [5.74, 6) is 1.86. The highest BCUT2D eigenvalue weighted by atomic mass is 32.2. The molecule has 1 saturated carbocycles. The summed E-state index contributed by atoms with van der Waals surface area (Å²) in [6.45, 7) is 1.18. The van der Waals surface area contributed by atoms with Crippen molar-refractivity contribution in [1.82, 2.24) is 19.7 Å². The number of hydrogen-bond acceptors (Lipinski definition) is 5. The number of nitrogens with zero attached hydrogens (tertiary/aromatic N) is 3. The monoisotopic (exact) mass is 356 g/mol. The zero-order valence-corrected chi connectivity index (χ0v) is 14.7. The van der Waals surface area contributed by atoms with Gasteiger partial charge in [0.1, 0.15) is 6.79 Å². The van der Waals surface area contributed by atoms with E-state index in [-0.39, 0.29) is 6.10 Å². The molecule has 1 saturated heterocycles. The lowest BCUT2D eigenvalue weighted by Gasteiger charge is -2.22. The standard InChI is InChI=1S/C18H20N4O2S/c1-2-4-16-14(3-1)15(9-19-16)17-20-21-18(22(17)12-5-6-12)25-10-13-7-8-23-11-24-13/h1-4,9,12-13,19H,5-8,10-11H2/t13-/m1/s1. The first kappa shape index (κ1) is 15.4. The maximum atomic E-state index is 5.65. The normalized spacial score (nSPS) is 21.0. The van der Waals surface area contributed by atoms with E-state index in [0.717, 1.165) is 40.8 Å². The Labute approximate surface area is 149 Å². The molecule has 1 aromatic carbocycles. The molecule has 6 nitrogen and oxygen atoms in total. The molecule has 25 heavy (non-hydrogen) atoms. The van der Waals surface area contributed by atoms with Crippen molar-refractivity contribution in [2.24, 2.45) is 0 Å². The maximum Gasteiger partial charge on any atom is 0.191 e. The Kier molecular flexibility index (Phi) is 4.00. The lowest BCUT2D eigenvalue weighted by atomic mass is 10.1. The number of aromatic nitrogens is 4. The van der Waals surface area contributed by atoms with Gasteiger partial charge in [0.2, 0.25) is 0 Å². The van der Waals surface area contributed by atoms with E-state index in [1.807, 2.05) is 12.3 Å². The van der Waals surface area contributed by atoms with Crippen molar-refractivity contribution < 1.29 is 9.47 Å². The Morgan fingerprint density at radius 2 is 2.12 bits per heavy atom. The highest BCUT2D eigenvalue weighted by Crippen LogP contribution is 2.42. The Hall–Kier alpha value is -1.83. The lowest BCUT2D eigenvalue weighted by molar-refractivity contribution is -0.130. The highest BCUT2D eigenvalue weighted by molar-refractivity contribution is 7.99. The van der Waals surface area contributed by atoms with Crippen LogP contribution in [0.4, 0.5) is 0 Å². The summed E-state index contributed by atoms with van der Waals surface area (Å²) in [5.41, 5.74) is 2.26. The van der Waals surface area contributed by atoms with E-state index in [1.54, 1.807) is 11.8 Å². The molecule has 1 aliphatic heterocycles. The number of aromatic amines is 1. The van der Waals surface area contributed by atoms with E-state index in [4.69, 9.17) is 9.47 Å². The molecule has 3 heterocycles. The number of H-pyrrole nitrogens is 1. The van der Waals surface area contributed by atoms with Gasteiger partial charge in [-0.15, -0.1) is 10.2 Å². The molecular formula is C18H20N4O2S. The molecule has 2 aromatic heterocycles. The molecule has 130 valence electrons. The fraction of sp³-hybridized carbons (Fsp3) is 0.444. The van der Waals surface area contributed by atoms with E-state index >= 15 is 0 Å². The number of nitrogens with one attached hydrogen (secondary N) is 1. The SMILES string of the molecule is c1ccc2c(-c3nnc(SC[C@H]4CCOCO4)n3C3CC3)c[nH]c2c1. The second-order valence-electron chi connectivity index (χ2n) is 6.57. The van der Waals surface area contributed by atoms with Crippen molar-refractivity contribution in [1.29, 1.82) is 0 Å². The summed E-state index contributed by atoms with van der Waals surface area (Å²) in [4.78, 5) is 3.34. The zero-order valence-electron chi connectivity index (χ0n) is 13.9. The van der Waals surface area contributed by atoms with Crippen LogP contribution in [0.25, 0.3) is 22.3 Å². The summed E-state index contributed by atoms with van der Waals surface area (Å²) in [6, 6.07) is 8.86. The quantitative estimate of drug-likeness (QED) is 0.708. The number of fused-ring (bicyclic) bond motifs is 1. The van der Waals surface area contributed by atoms with Gasteiger partial charge in [-0.05, 0) is 25.3 Å². The number of para-hydroxylation sites is 1. The summed E-state index contributed by atoms with van der Waals surface area (Å²) < 4.78 is 13.2. The molecule has 5 rings (SSSR count). The third-order valence-electron chi connectivity index (χ3n) is 4.78. The van der Waals surface area contributed by atoms with Crippen LogP contribution >= 0.6 is 11.8 Å². The number of benzene rings is 1. The van der Waals surface area contributed by atoms with Crippen molar-refractivity contribution >= 4 is 22.7 Å². The number of hydrogen-bond donors (Lipinski definition) is 1. The van der Waals surface area contributed by atoms with E-state index in [0.29, 0.717) is 12.8 Å². The van der Waals surface area contributed by atoms with Crippen LogP contribution in [0.3, 0.4) is 0 Å². The Balaban J connectivity index is 1.45. The zero-order chi connectivity index (χ0) is 16.6. The summed E-state index contributed by atoms with van der Waals surface area (Å²) in [6.07, 6.45) is 5.63. The molecule has 0 spiro atoms. The van der Waals surface area contributed by atoms with E-state index in [9.17, 15) is 0 Å². The van der Waals surface area contributed by atoms with Crippen molar-refractivity contribution in [3.8, 4) is 11.4 Å².